The molecular weight excluding hydrogens is 268 g/mol. The van der Waals surface area contributed by atoms with Gasteiger partial charge in [0.15, 0.2) is 0 Å². The van der Waals surface area contributed by atoms with Gasteiger partial charge in [-0.15, -0.1) is 0 Å². The van der Waals surface area contributed by atoms with Crippen LogP contribution < -0.4 is 4.72 Å². The van der Waals surface area contributed by atoms with Crippen molar-refractivity contribution < 1.29 is 17.9 Å². The first-order valence-electron chi connectivity index (χ1n) is 6.13. The molecule has 0 bridgehead atoms. The summed E-state index contributed by atoms with van der Waals surface area (Å²) in [7, 11) is 0.278. The predicted molar refractivity (Wildman–Crippen MR) is 72.3 cm³/mol. The average molecular weight is 290 g/mol. The first-order chi connectivity index (χ1) is 8.76. The van der Waals surface area contributed by atoms with Crippen LogP contribution in [0.2, 0.25) is 0 Å². The number of aliphatic hydroxyl groups excluding tert-OH is 1. The summed E-state index contributed by atoms with van der Waals surface area (Å²) < 4.78 is 32.1. The molecule has 0 fully saturated rings. The lowest BCUT2D eigenvalue weighted by atomic mass is 10.2. The van der Waals surface area contributed by atoms with E-state index in [2.05, 4.69) is 4.72 Å². The highest BCUT2D eigenvalue weighted by Gasteiger charge is 2.23. The molecule has 0 saturated heterocycles. The highest BCUT2D eigenvalue weighted by atomic mass is 32.2. The van der Waals surface area contributed by atoms with Crippen LogP contribution in [0.1, 0.15) is 24.9 Å². The molecule has 1 aromatic rings. The molecule has 1 aromatic heterocycles. The van der Waals surface area contributed by atoms with Crippen molar-refractivity contribution >= 4 is 10.0 Å². The Kier molecular flexibility index (Phi) is 5.54. The molecule has 110 valence electrons. The fourth-order valence-electron chi connectivity index (χ4n) is 1.71. The number of aryl methyl sites for hydroxylation is 1. The van der Waals surface area contributed by atoms with Gasteiger partial charge in [0.1, 0.15) is 23.0 Å². The first-order valence-corrected chi connectivity index (χ1v) is 7.62. The maximum atomic E-state index is 12.2. The molecule has 0 radical (unpaired) electrons. The second kappa shape index (κ2) is 6.51. The van der Waals surface area contributed by atoms with E-state index in [0.717, 1.165) is 13.0 Å². The third kappa shape index (κ3) is 4.61. The summed E-state index contributed by atoms with van der Waals surface area (Å²) in [5.74, 6) is 0.537. The topological polar surface area (TPSA) is 82.8 Å². The summed E-state index contributed by atoms with van der Waals surface area (Å²) >= 11 is 0. The molecule has 0 aliphatic carbocycles. The quantitative estimate of drug-likeness (QED) is 0.772. The molecule has 6 nitrogen and oxygen atoms in total. The molecule has 0 saturated carbocycles. The fraction of sp³-hybridized carbons (Fsp3) is 0.667. The molecule has 7 heteroatoms. The molecule has 1 atom stereocenters. The van der Waals surface area contributed by atoms with Crippen molar-refractivity contribution in [2.24, 2.45) is 0 Å². The van der Waals surface area contributed by atoms with Crippen molar-refractivity contribution in [2.75, 3.05) is 20.6 Å². The van der Waals surface area contributed by atoms with E-state index in [4.69, 9.17) is 9.52 Å². The lowest BCUT2D eigenvalue weighted by Crippen LogP contribution is -2.34. The second-order valence-electron chi connectivity index (χ2n) is 4.91. The van der Waals surface area contributed by atoms with Gasteiger partial charge in [-0.2, -0.15) is 0 Å². The van der Waals surface area contributed by atoms with E-state index in [0.29, 0.717) is 0 Å². The summed E-state index contributed by atoms with van der Waals surface area (Å²) in [5, 5.41) is 8.95. The zero-order chi connectivity index (χ0) is 14.6. The molecule has 0 aliphatic rings. The van der Waals surface area contributed by atoms with Crippen LogP contribution in [0, 0.1) is 6.92 Å². The smallest absolute Gasteiger partial charge is 0.244 e. The number of aliphatic hydroxyl groups is 1. The summed E-state index contributed by atoms with van der Waals surface area (Å²) in [5.41, 5.74) is 0. The molecule has 19 heavy (non-hydrogen) atoms. The Morgan fingerprint density at radius 2 is 2.11 bits per heavy atom. The summed E-state index contributed by atoms with van der Waals surface area (Å²) in [6, 6.07) is 1.19. The molecule has 0 spiro atoms. The van der Waals surface area contributed by atoms with Gasteiger partial charge in [-0.3, -0.25) is 0 Å². The predicted octanol–water partition coefficient (Wildman–Crippen LogP) is 0.699. The molecule has 1 heterocycles. The summed E-state index contributed by atoms with van der Waals surface area (Å²) in [4.78, 5) is 2.09. The van der Waals surface area contributed by atoms with Crippen LogP contribution in [0.4, 0.5) is 0 Å². The number of nitrogens with one attached hydrogen (secondary N) is 1. The Labute approximate surface area is 114 Å². The number of hydrogen-bond donors (Lipinski definition) is 2. The molecule has 0 amide bonds. The first kappa shape index (κ1) is 16.2. The average Bonchev–Trinajstić information content (AvgIpc) is 2.68. The maximum Gasteiger partial charge on any atom is 0.244 e. The van der Waals surface area contributed by atoms with Crippen molar-refractivity contribution in [3.8, 4) is 0 Å². The normalized spacial score (nSPS) is 14.0. The lowest BCUT2D eigenvalue weighted by molar-refractivity contribution is 0.244. The monoisotopic (exact) mass is 290 g/mol. The van der Waals surface area contributed by atoms with E-state index in [1.807, 2.05) is 25.9 Å². The van der Waals surface area contributed by atoms with Crippen LogP contribution in [0.3, 0.4) is 0 Å². The van der Waals surface area contributed by atoms with E-state index >= 15 is 0 Å². The van der Waals surface area contributed by atoms with Gasteiger partial charge in [-0.25, -0.2) is 13.1 Å². The van der Waals surface area contributed by atoms with Crippen LogP contribution in [0.5, 0.6) is 0 Å². The van der Waals surface area contributed by atoms with Gasteiger partial charge in [0.2, 0.25) is 10.0 Å². The minimum Gasteiger partial charge on any atom is -0.462 e. The highest BCUT2D eigenvalue weighted by Crippen LogP contribution is 2.20. The van der Waals surface area contributed by atoms with Gasteiger partial charge in [0.05, 0.1) is 0 Å². The van der Waals surface area contributed by atoms with Crippen molar-refractivity contribution in [1.82, 2.24) is 9.62 Å². The number of sulfonamides is 1. The SMILES string of the molecule is Cc1oc(CO)cc1S(=O)(=O)NC(C)CCN(C)C. The Balaban J connectivity index is 2.77. The Morgan fingerprint density at radius 3 is 2.58 bits per heavy atom. The van der Waals surface area contributed by atoms with E-state index in [-0.39, 0.29) is 29.1 Å². The van der Waals surface area contributed by atoms with Crippen LogP contribution in [0.25, 0.3) is 0 Å². The van der Waals surface area contributed by atoms with Gasteiger partial charge >= 0.3 is 0 Å². The minimum absolute atomic E-state index is 0.0910. The Morgan fingerprint density at radius 1 is 1.47 bits per heavy atom. The van der Waals surface area contributed by atoms with Gasteiger partial charge in [-0.1, -0.05) is 0 Å². The third-order valence-corrected chi connectivity index (χ3v) is 4.43. The second-order valence-corrected chi connectivity index (χ2v) is 6.59. The highest BCUT2D eigenvalue weighted by molar-refractivity contribution is 7.89. The maximum absolute atomic E-state index is 12.2. The Hall–Kier alpha value is -0.890. The number of furan rings is 1. The summed E-state index contributed by atoms with van der Waals surface area (Å²) in [6.45, 7) is 3.88. The molecule has 0 aromatic carbocycles. The van der Waals surface area contributed by atoms with Crippen LogP contribution in [-0.4, -0.2) is 45.1 Å². The third-order valence-electron chi connectivity index (χ3n) is 2.73. The zero-order valence-electron chi connectivity index (χ0n) is 11.8. The van der Waals surface area contributed by atoms with Crippen LogP contribution in [-0.2, 0) is 16.6 Å². The lowest BCUT2D eigenvalue weighted by Gasteiger charge is -2.16. The van der Waals surface area contributed by atoms with Gasteiger partial charge < -0.3 is 14.4 Å². The van der Waals surface area contributed by atoms with Gasteiger partial charge in [0, 0.05) is 12.1 Å². The fourth-order valence-corrected chi connectivity index (χ4v) is 3.19. The van der Waals surface area contributed by atoms with E-state index < -0.39 is 10.0 Å². The standard InChI is InChI=1S/C12H22N2O4S/c1-9(5-6-14(3)4)13-19(16,17)12-7-11(8-15)18-10(12)2/h7,9,13,15H,5-6,8H2,1-4H3. The van der Waals surface area contributed by atoms with Crippen molar-refractivity contribution in [2.45, 2.75) is 37.8 Å². The molecule has 1 rings (SSSR count). The van der Waals surface area contributed by atoms with Gasteiger partial charge in [0.25, 0.3) is 0 Å². The van der Waals surface area contributed by atoms with Crippen molar-refractivity contribution in [3.63, 3.8) is 0 Å². The Bertz CT molecular complexity index is 508. The van der Waals surface area contributed by atoms with Gasteiger partial charge in [-0.05, 0) is 40.9 Å². The minimum atomic E-state index is -3.60. The van der Waals surface area contributed by atoms with E-state index in [9.17, 15) is 8.42 Å². The van der Waals surface area contributed by atoms with E-state index in [1.165, 1.54) is 6.07 Å². The van der Waals surface area contributed by atoms with Crippen molar-refractivity contribution in [1.29, 1.82) is 0 Å². The molecular formula is C12H22N2O4S. The number of nitrogens with zero attached hydrogens (tertiary/aromatic N) is 1. The van der Waals surface area contributed by atoms with Crippen LogP contribution in [0.15, 0.2) is 15.4 Å². The summed E-state index contributed by atoms with van der Waals surface area (Å²) in [6.07, 6.45) is 0.718. The van der Waals surface area contributed by atoms with E-state index in [1.54, 1.807) is 6.92 Å². The molecule has 0 aliphatic heterocycles. The van der Waals surface area contributed by atoms with Crippen molar-refractivity contribution in [3.05, 3.63) is 17.6 Å². The van der Waals surface area contributed by atoms with Crippen LogP contribution >= 0.6 is 0 Å². The largest absolute Gasteiger partial charge is 0.462 e. The number of rotatable bonds is 7. The molecule has 1 unspecified atom stereocenters. The zero-order valence-corrected chi connectivity index (χ0v) is 12.6. The number of hydrogen-bond acceptors (Lipinski definition) is 5. The molecule has 2 N–H and O–H groups in total.